The summed E-state index contributed by atoms with van der Waals surface area (Å²) in [6.07, 6.45) is 3.85. The Bertz CT molecular complexity index is 479. The van der Waals surface area contributed by atoms with Gasteiger partial charge < -0.3 is 26.6 Å². The Kier molecular flexibility index (Phi) is 9.40. The summed E-state index contributed by atoms with van der Waals surface area (Å²) in [4.78, 5) is 29.5. The number of amides is 2. The Morgan fingerprint density at radius 3 is 2.35 bits per heavy atom. The van der Waals surface area contributed by atoms with Gasteiger partial charge in [0, 0.05) is 25.0 Å². The molecule has 0 saturated carbocycles. The SMILES string of the molecule is CN=C(NCCCCN1CCC(C(N)=O)CC1)NCC(=O)NC(C)(C)C. The van der Waals surface area contributed by atoms with Gasteiger partial charge in [0.05, 0.1) is 6.54 Å². The van der Waals surface area contributed by atoms with Crippen LogP contribution in [-0.2, 0) is 9.59 Å². The quantitative estimate of drug-likeness (QED) is 0.275. The van der Waals surface area contributed by atoms with Crippen LogP contribution in [0.4, 0.5) is 0 Å². The van der Waals surface area contributed by atoms with Crippen LogP contribution in [-0.4, -0.2) is 68.0 Å². The van der Waals surface area contributed by atoms with Gasteiger partial charge in [-0.15, -0.1) is 0 Å². The van der Waals surface area contributed by atoms with E-state index >= 15 is 0 Å². The molecule has 0 aromatic heterocycles. The van der Waals surface area contributed by atoms with Crippen LogP contribution in [0.15, 0.2) is 4.99 Å². The zero-order valence-corrected chi connectivity index (χ0v) is 16.7. The third-order valence-corrected chi connectivity index (χ3v) is 4.34. The minimum Gasteiger partial charge on any atom is -0.369 e. The van der Waals surface area contributed by atoms with E-state index in [4.69, 9.17) is 5.73 Å². The van der Waals surface area contributed by atoms with Gasteiger partial charge in [-0.05, 0) is 66.1 Å². The van der Waals surface area contributed by atoms with Crippen LogP contribution >= 0.6 is 0 Å². The fourth-order valence-corrected chi connectivity index (χ4v) is 2.96. The fourth-order valence-electron chi connectivity index (χ4n) is 2.96. The molecular weight excluding hydrogens is 332 g/mol. The van der Waals surface area contributed by atoms with Gasteiger partial charge in [0.15, 0.2) is 5.96 Å². The molecule has 2 amide bonds. The van der Waals surface area contributed by atoms with Crippen molar-refractivity contribution in [1.29, 1.82) is 0 Å². The third kappa shape index (κ3) is 9.60. The number of likely N-dealkylation sites (tertiary alicyclic amines) is 1. The predicted octanol–water partition coefficient (Wildman–Crippen LogP) is 0.0436. The van der Waals surface area contributed by atoms with Crippen LogP contribution in [0.2, 0.25) is 0 Å². The largest absolute Gasteiger partial charge is 0.369 e. The standard InChI is InChI=1S/C18H36N6O2/c1-18(2,3)23-15(25)13-22-17(20-4)21-9-5-6-10-24-11-7-14(8-12-24)16(19)26/h14H,5-13H2,1-4H3,(H2,19,26)(H,23,25)(H2,20,21,22). The Balaban J connectivity index is 2.10. The second-order valence-corrected chi connectivity index (χ2v) is 7.88. The van der Waals surface area contributed by atoms with E-state index in [9.17, 15) is 9.59 Å². The molecule has 0 radical (unpaired) electrons. The molecule has 150 valence electrons. The molecule has 0 aromatic carbocycles. The monoisotopic (exact) mass is 368 g/mol. The number of carbonyl (C=O) groups excluding carboxylic acids is 2. The topological polar surface area (TPSA) is 112 Å². The van der Waals surface area contributed by atoms with Crippen LogP contribution < -0.4 is 21.7 Å². The molecule has 1 rings (SSSR count). The summed E-state index contributed by atoms with van der Waals surface area (Å²) in [6, 6.07) is 0. The van der Waals surface area contributed by atoms with E-state index in [1.807, 2.05) is 20.8 Å². The van der Waals surface area contributed by atoms with Gasteiger partial charge in [-0.3, -0.25) is 14.6 Å². The number of nitrogens with one attached hydrogen (secondary N) is 3. The third-order valence-electron chi connectivity index (χ3n) is 4.34. The van der Waals surface area contributed by atoms with Gasteiger partial charge >= 0.3 is 0 Å². The van der Waals surface area contributed by atoms with E-state index in [1.54, 1.807) is 7.05 Å². The summed E-state index contributed by atoms with van der Waals surface area (Å²) >= 11 is 0. The first-order valence-electron chi connectivity index (χ1n) is 9.48. The predicted molar refractivity (Wildman–Crippen MR) is 105 cm³/mol. The van der Waals surface area contributed by atoms with Crippen LogP contribution in [0.3, 0.4) is 0 Å². The molecule has 1 aliphatic heterocycles. The summed E-state index contributed by atoms with van der Waals surface area (Å²) in [7, 11) is 1.69. The first-order chi connectivity index (χ1) is 12.2. The van der Waals surface area contributed by atoms with Crippen molar-refractivity contribution in [2.75, 3.05) is 39.8 Å². The molecule has 1 aliphatic rings. The van der Waals surface area contributed by atoms with Crippen molar-refractivity contribution < 1.29 is 9.59 Å². The van der Waals surface area contributed by atoms with Gasteiger partial charge in [0.2, 0.25) is 11.8 Å². The molecular formula is C18H36N6O2. The Labute approximate surface area is 157 Å². The number of nitrogens with two attached hydrogens (primary N) is 1. The summed E-state index contributed by atoms with van der Waals surface area (Å²) in [5.41, 5.74) is 5.12. The molecule has 8 heteroatoms. The molecule has 1 saturated heterocycles. The number of carbonyl (C=O) groups is 2. The highest BCUT2D eigenvalue weighted by atomic mass is 16.2. The van der Waals surface area contributed by atoms with Crippen molar-refractivity contribution in [2.24, 2.45) is 16.6 Å². The number of aliphatic imine (C=N–C) groups is 1. The number of guanidine groups is 1. The van der Waals surface area contributed by atoms with Crippen molar-refractivity contribution in [3.05, 3.63) is 0 Å². The van der Waals surface area contributed by atoms with E-state index in [0.717, 1.165) is 51.9 Å². The number of nitrogens with zero attached hydrogens (tertiary/aromatic N) is 2. The normalized spacial score (nSPS) is 17.0. The molecule has 0 aromatic rings. The lowest BCUT2D eigenvalue weighted by molar-refractivity contribution is -0.123. The number of hydrogen-bond donors (Lipinski definition) is 4. The highest BCUT2D eigenvalue weighted by Crippen LogP contribution is 2.16. The summed E-state index contributed by atoms with van der Waals surface area (Å²) in [5.74, 6) is 0.470. The minimum absolute atomic E-state index is 0.0535. The van der Waals surface area contributed by atoms with Crippen LogP contribution in [0.5, 0.6) is 0 Å². The lowest BCUT2D eigenvalue weighted by atomic mass is 9.96. The molecule has 0 aliphatic carbocycles. The molecule has 0 bridgehead atoms. The maximum atomic E-state index is 11.8. The summed E-state index contributed by atoms with van der Waals surface area (Å²) < 4.78 is 0. The minimum atomic E-state index is -0.235. The van der Waals surface area contributed by atoms with E-state index in [0.29, 0.717) is 5.96 Å². The average molecular weight is 369 g/mol. The molecule has 5 N–H and O–H groups in total. The van der Waals surface area contributed by atoms with Crippen molar-refractivity contribution in [3.8, 4) is 0 Å². The second-order valence-electron chi connectivity index (χ2n) is 7.88. The van der Waals surface area contributed by atoms with E-state index in [1.165, 1.54) is 0 Å². The van der Waals surface area contributed by atoms with E-state index < -0.39 is 0 Å². The van der Waals surface area contributed by atoms with Crippen molar-refractivity contribution in [2.45, 2.75) is 52.0 Å². The lowest BCUT2D eigenvalue weighted by Gasteiger charge is -2.30. The lowest BCUT2D eigenvalue weighted by Crippen LogP contribution is -2.48. The van der Waals surface area contributed by atoms with Gasteiger partial charge in [-0.25, -0.2) is 0 Å². The van der Waals surface area contributed by atoms with Gasteiger partial charge in [0.25, 0.3) is 0 Å². The highest BCUT2D eigenvalue weighted by molar-refractivity contribution is 5.86. The number of piperidine rings is 1. The molecule has 1 fully saturated rings. The molecule has 0 spiro atoms. The zero-order valence-electron chi connectivity index (χ0n) is 16.7. The van der Waals surface area contributed by atoms with E-state index in [-0.39, 0.29) is 29.8 Å². The summed E-state index contributed by atoms with van der Waals surface area (Å²) in [6.45, 7) is 9.80. The van der Waals surface area contributed by atoms with Crippen molar-refractivity contribution >= 4 is 17.8 Å². The second kappa shape index (κ2) is 11.0. The first-order valence-corrected chi connectivity index (χ1v) is 9.48. The average Bonchev–Trinajstić information content (AvgIpc) is 2.56. The van der Waals surface area contributed by atoms with Crippen LogP contribution in [0.1, 0.15) is 46.5 Å². The molecule has 0 unspecified atom stereocenters. The van der Waals surface area contributed by atoms with Gasteiger partial charge in [-0.2, -0.15) is 0 Å². The van der Waals surface area contributed by atoms with Crippen LogP contribution in [0, 0.1) is 5.92 Å². The van der Waals surface area contributed by atoms with Crippen LogP contribution in [0.25, 0.3) is 0 Å². The number of primary amides is 1. The Morgan fingerprint density at radius 2 is 1.81 bits per heavy atom. The van der Waals surface area contributed by atoms with Gasteiger partial charge in [0.1, 0.15) is 0 Å². The molecule has 0 atom stereocenters. The Morgan fingerprint density at radius 1 is 1.15 bits per heavy atom. The maximum absolute atomic E-state index is 11.8. The van der Waals surface area contributed by atoms with Crippen molar-refractivity contribution in [3.63, 3.8) is 0 Å². The molecule has 8 nitrogen and oxygen atoms in total. The fraction of sp³-hybridized carbons (Fsp3) is 0.833. The van der Waals surface area contributed by atoms with E-state index in [2.05, 4.69) is 25.8 Å². The number of unbranched alkanes of at least 4 members (excludes halogenated alkanes) is 1. The van der Waals surface area contributed by atoms with Gasteiger partial charge in [-0.1, -0.05) is 0 Å². The van der Waals surface area contributed by atoms with Crippen molar-refractivity contribution in [1.82, 2.24) is 20.9 Å². The molecule has 1 heterocycles. The highest BCUT2D eigenvalue weighted by Gasteiger charge is 2.22. The first kappa shape index (κ1) is 22.2. The summed E-state index contributed by atoms with van der Waals surface area (Å²) in [5, 5.41) is 9.15. The maximum Gasteiger partial charge on any atom is 0.239 e. The molecule has 26 heavy (non-hydrogen) atoms. The zero-order chi connectivity index (χ0) is 19.6. The number of hydrogen-bond acceptors (Lipinski definition) is 4. The number of rotatable bonds is 8. The smallest absolute Gasteiger partial charge is 0.239 e. The Hall–Kier alpha value is -1.83.